The number of halogens is 3. The van der Waals surface area contributed by atoms with Gasteiger partial charge in [-0.3, -0.25) is 4.79 Å². The molecule has 0 radical (unpaired) electrons. The van der Waals surface area contributed by atoms with Crippen LogP contribution >= 0.6 is 0 Å². The zero-order valence-electron chi connectivity index (χ0n) is 16.5. The fourth-order valence-corrected chi connectivity index (χ4v) is 4.04. The van der Waals surface area contributed by atoms with Crippen molar-refractivity contribution in [2.75, 3.05) is 0 Å². The summed E-state index contributed by atoms with van der Waals surface area (Å²) in [6, 6.07) is 11.0. The van der Waals surface area contributed by atoms with E-state index in [2.05, 4.69) is 0 Å². The van der Waals surface area contributed by atoms with Crippen LogP contribution in [0, 0.1) is 5.92 Å². The minimum Gasteiger partial charge on any atom is -0.368 e. The van der Waals surface area contributed by atoms with Gasteiger partial charge in [0.25, 0.3) is 0 Å². The summed E-state index contributed by atoms with van der Waals surface area (Å²) in [5.41, 5.74) is 9.89. The first kappa shape index (κ1) is 23.8. The van der Waals surface area contributed by atoms with Gasteiger partial charge in [-0.25, -0.2) is 13.6 Å². The summed E-state index contributed by atoms with van der Waals surface area (Å²) < 4.78 is 64.5. The first-order valence-electron chi connectivity index (χ1n) is 9.05. The lowest BCUT2D eigenvalue weighted by Crippen LogP contribution is -2.60. The van der Waals surface area contributed by atoms with Gasteiger partial charge in [-0.15, -0.1) is 0 Å². The normalized spacial score (nSPS) is 15.6. The summed E-state index contributed by atoms with van der Waals surface area (Å²) >= 11 is 0. The standard InChI is InChI=1S/C20H24F3N3O3S/c1-12(2)11-19(25,18(24)27)17(20(21,22)23)15-5-3-13(4-6-15)14-7-9-16(10-8-14)30(26,28)29/h3-10,12,17H,11,25H2,1-2H3,(H2,24,27)(H2,26,28,29). The number of amides is 1. The number of carbonyl (C=O) groups excluding carboxylic acids is 1. The van der Waals surface area contributed by atoms with E-state index in [1.165, 1.54) is 48.5 Å². The Morgan fingerprint density at radius 3 is 1.73 bits per heavy atom. The Balaban J connectivity index is 2.47. The van der Waals surface area contributed by atoms with Crippen LogP contribution in [-0.2, 0) is 14.8 Å². The van der Waals surface area contributed by atoms with Crippen molar-refractivity contribution in [1.29, 1.82) is 0 Å². The summed E-state index contributed by atoms with van der Waals surface area (Å²) in [5.74, 6) is -3.78. The van der Waals surface area contributed by atoms with E-state index in [1.54, 1.807) is 13.8 Å². The molecule has 0 heterocycles. The molecule has 164 valence electrons. The summed E-state index contributed by atoms with van der Waals surface area (Å²) in [6.07, 6.45) is -5.03. The molecular formula is C20H24F3N3O3S. The van der Waals surface area contributed by atoms with Crippen LogP contribution in [-0.4, -0.2) is 26.0 Å². The van der Waals surface area contributed by atoms with Crippen LogP contribution in [0.3, 0.4) is 0 Å². The minimum absolute atomic E-state index is 0.0805. The first-order chi connectivity index (χ1) is 13.7. The zero-order chi connectivity index (χ0) is 22.9. The summed E-state index contributed by atoms with van der Waals surface area (Å²) in [7, 11) is -3.85. The van der Waals surface area contributed by atoms with Crippen LogP contribution < -0.4 is 16.6 Å². The number of hydrogen-bond donors (Lipinski definition) is 3. The van der Waals surface area contributed by atoms with Crippen molar-refractivity contribution in [1.82, 2.24) is 0 Å². The first-order valence-corrected chi connectivity index (χ1v) is 10.6. The van der Waals surface area contributed by atoms with E-state index >= 15 is 0 Å². The van der Waals surface area contributed by atoms with Crippen LogP contribution in [0.4, 0.5) is 13.2 Å². The lowest BCUT2D eigenvalue weighted by atomic mass is 9.74. The fourth-order valence-electron chi connectivity index (χ4n) is 3.52. The molecule has 0 spiro atoms. The molecule has 10 heteroatoms. The quantitative estimate of drug-likeness (QED) is 0.607. The van der Waals surface area contributed by atoms with E-state index in [1.807, 2.05) is 0 Å². The van der Waals surface area contributed by atoms with Crippen LogP contribution in [0.15, 0.2) is 53.4 Å². The fraction of sp³-hybridized carbons (Fsp3) is 0.350. The largest absolute Gasteiger partial charge is 0.398 e. The molecule has 0 aliphatic rings. The van der Waals surface area contributed by atoms with Gasteiger partial charge in [-0.2, -0.15) is 13.2 Å². The molecule has 1 amide bonds. The van der Waals surface area contributed by atoms with Gasteiger partial charge >= 0.3 is 6.18 Å². The average molecular weight is 443 g/mol. The van der Waals surface area contributed by atoms with Gasteiger partial charge in [0, 0.05) is 0 Å². The Kier molecular flexibility index (Phi) is 6.65. The second kappa shape index (κ2) is 8.37. The second-order valence-electron chi connectivity index (χ2n) is 7.67. The molecule has 0 saturated heterocycles. The predicted molar refractivity (Wildman–Crippen MR) is 108 cm³/mol. The highest BCUT2D eigenvalue weighted by molar-refractivity contribution is 7.89. The van der Waals surface area contributed by atoms with Gasteiger partial charge < -0.3 is 11.5 Å². The SMILES string of the molecule is CC(C)CC(N)(C(N)=O)C(c1ccc(-c2ccc(S(N)(=O)=O)cc2)cc1)C(F)(F)F. The molecule has 0 fully saturated rings. The molecule has 6 N–H and O–H groups in total. The number of benzene rings is 2. The maximum atomic E-state index is 13.9. The number of primary sulfonamides is 1. The Morgan fingerprint density at radius 1 is 0.967 bits per heavy atom. The summed E-state index contributed by atoms with van der Waals surface area (Å²) in [6.45, 7) is 3.32. The lowest BCUT2D eigenvalue weighted by molar-refractivity contribution is -0.172. The topological polar surface area (TPSA) is 129 Å². The van der Waals surface area contributed by atoms with Crippen molar-refractivity contribution in [3.8, 4) is 11.1 Å². The van der Waals surface area contributed by atoms with Crippen molar-refractivity contribution in [2.24, 2.45) is 22.5 Å². The number of sulfonamides is 1. The third-order valence-electron chi connectivity index (χ3n) is 4.81. The van der Waals surface area contributed by atoms with E-state index < -0.39 is 33.6 Å². The number of alkyl halides is 3. The van der Waals surface area contributed by atoms with Crippen LogP contribution in [0.1, 0.15) is 31.7 Å². The summed E-state index contributed by atoms with van der Waals surface area (Å²) in [5, 5.41) is 5.05. The number of carbonyl (C=O) groups is 1. The van der Waals surface area contributed by atoms with Gasteiger partial charge in [-0.1, -0.05) is 50.2 Å². The Hall–Kier alpha value is -2.43. The summed E-state index contributed by atoms with van der Waals surface area (Å²) in [4.78, 5) is 11.9. The Labute approximate surface area is 173 Å². The number of hydrogen-bond acceptors (Lipinski definition) is 4. The van der Waals surface area contributed by atoms with Crippen molar-refractivity contribution >= 4 is 15.9 Å². The molecule has 2 aromatic carbocycles. The van der Waals surface area contributed by atoms with Crippen LogP contribution in [0.5, 0.6) is 0 Å². The molecule has 2 unspecified atom stereocenters. The molecular weight excluding hydrogens is 419 g/mol. The predicted octanol–water partition coefficient (Wildman–Crippen LogP) is 2.88. The van der Waals surface area contributed by atoms with E-state index in [-0.39, 0.29) is 22.8 Å². The monoisotopic (exact) mass is 443 g/mol. The smallest absolute Gasteiger partial charge is 0.368 e. The molecule has 30 heavy (non-hydrogen) atoms. The Bertz CT molecular complexity index is 1000. The second-order valence-corrected chi connectivity index (χ2v) is 9.23. The van der Waals surface area contributed by atoms with Crippen molar-refractivity contribution in [3.05, 3.63) is 54.1 Å². The lowest BCUT2D eigenvalue weighted by Gasteiger charge is -2.37. The minimum atomic E-state index is -4.79. The highest BCUT2D eigenvalue weighted by Gasteiger charge is 2.55. The molecule has 0 saturated carbocycles. The van der Waals surface area contributed by atoms with Crippen LogP contribution in [0.25, 0.3) is 11.1 Å². The van der Waals surface area contributed by atoms with Gasteiger partial charge in [-0.05, 0) is 41.2 Å². The highest BCUT2D eigenvalue weighted by atomic mass is 32.2. The maximum Gasteiger partial charge on any atom is 0.398 e. The molecule has 2 aromatic rings. The van der Waals surface area contributed by atoms with E-state index in [0.29, 0.717) is 11.1 Å². The molecule has 0 aliphatic heterocycles. The molecule has 2 rings (SSSR count). The van der Waals surface area contributed by atoms with Gasteiger partial charge in [0.2, 0.25) is 15.9 Å². The molecule has 0 bridgehead atoms. The van der Waals surface area contributed by atoms with Crippen molar-refractivity contribution in [2.45, 2.75) is 42.8 Å². The van der Waals surface area contributed by atoms with E-state index in [4.69, 9.17) is 16.6 Å². The van der Waals surface area contributed by atoms with Crippen molar-refractivity contribution in [3.63, 3.8) is 0 Å². The van der Waals surface area contributed by atoms with E-state index in [9.17, 15) is 26.4 Å². The molecule has 6 nitrogen and oxygen atoms in total. The number of rotatable bonds is 7. The molecule has 0 aromatic heterocycles. The Morgan fingerprint density at radius 2 is 1.40 bits per heavy atom. The average Bonchev–Trinajstić information content (AvgIpc) is 2.60. The molecule has 0 aliphatic carbocycles. The van der Waals surface area contributed by atoms with Gasteiger partial charge in [0.15, 0.2) is 0 Å². The molecule has 2 atom stereocenters. The highest BCUT2D eigenvalue weighted by Crippen LogP contribution is 2.44. The van der Waals surface area contributed by atoms with Crippen LogP contribution in [0.2, 0.25) is 0 Å². The maximum absolute atomic E-state index is 13.9. The van der Waals surface area contributed by atoms with Crippen molar-refractivity contribution < 1.29 is 26.4 Å². The third kappa shape index (κ3) is 5.18. The third-order valence-corrected chi connectivity index (χ3v) is 5.74. The number of primary amides is 1. The van der Waals surface area contributed by atoms with Gasteiger partial charge in [0.1, 0.15) is 11.5 Å². The zero-order valence-corrected chi connectivity index (χ0v) is 17.3. The number of nitrogens with two attached hydrogens (primary N) is 3. The van der Waals surface area contributed by atoms with Gasteiger partial charge in [0.05, 0.1) is 4.90 Å². The van der Waals surface area contributed by atoms with E-state index in [0.717, 1.165) is 0 Å².